The van der Waals surface area contributed by atoms with E-state index in [1.165, 1.54) is 12.1 Å². The molecule has 0 saturated heterocycles. The van der Waals surface area contributed by atoms with Crippen LogP contribution in [0.5, 0.6) is 5.75 Å². The van der Waals surface area contributed by atoms with E-state index in [-0.39, 0.29) is 24.2 Å². The van der Waals surface area contributed by atoms with Crippen LogP contribution in [0.2, 0.25) is 0 Å². The average molecular weight is 281 g/mol. The number of hydrogen-bond acceptors (Lipinski definition) is 3. The maximum absolute atomic E-state index is 13.0. The molecule has 1 aliphatic carbocycles. The lowest BCUT2D eigenvalue weighted by Crippen LogP contribution is -2.01. The molecule has 2 atom stereocenters. The molecule has 3 rings (SSSR count). The van der Waals surface area contributed by atoms with Crippen LogP contribution in [-0.4, -0.2) is 16.1 Å². The van der Waals surface area contributed by atoms with Gasteiger partial charge in [0.25, 0.3) is 0 Å². The molecule has 0 amide bonds. The molecule has 1 saturated carbocycles. The molecule has 1 heterocycles. The van der Waals surface area contributed by atoms with Crippen molar-refractivity contribution in [1.29, 1.82) is 0 Å². The number of hydrogen-bond donors (Lipinski definition) is 2. The van der Waals surface area contributed by atoms with Crippen LogP contribution in [-0.2, 0) is 0 Å². The molecule has 0 radical (unpaired) electrons. The molecule has 3 N–H and O–H groups in total. The summed E-state index contributed by atoms with van der Waals surface area (Å²) in [6.45, 7) is 0. The van der Waals surface area contributed by atoms with Crippen molar-refractivity contribution in [3.8, 4) is 17.0 Å². The molecule has 1 aromatic heterocycles. The highest BCUT2D eigenvalue weighted by atomic mass is 35.5. The lowest BCUT2D eigenvalue weighted by atomic mass is 10.1. The Balaban J connectivity index is 0.00000133. The first-order valence-corrected chi connectivity index (χ1v) is 5.85. The summed E-state index contributed by atoms with van der Waals surface area (Å²) in [6.07, 6.45) is 2.81. The second-order valence-corrected chi connectivity index (χ2v) is 4.65. The lowest BCUT2D eigenvalue weighted by molar-refractivity contribution is 0.432. The van der Waals surface area contributed by atoms with Gasteiger partial charge in [0.05, 0.1) is 5.69 Å². The number of nitrogens with two attached hydrogens (primary N) is 1. The number of benzene rings is 1. The standard InChI is InChI=1S/C14H13FN2O.ClH/c15-11-3-1-8(5-14(11)18)13-4-2-9(7-17-13)10-6-12(10)16;/h1-5,7,10,12,18H,6,16H2;1H/t10-,12+;/m1./s1. The van der Waals surface area contributed by atoms with Crippen LogP contribution in [0.4, 0.5) is 4.39 Å². The van der Waals surface area contributed by atoms with Gasteiger partial charge in [-0.05, 0) is 36.2 Å². The molecule has 2 aromatic rings. The highest BCUT2D eigenvalue weighted by Gasteiger charge is 2.34. The minimum atomic E-state index is -0.626. The summed E-state index contributed by atoms with van der Waals surface area (Å²) in [5.74, 6) is -0.560. The first kappa shape index (κ1) is 13.8. The van der Waals surface area contributed by atoms with E-state index in [1.54, 1.807) is 12.3 Å². The predicted molar refractivity (Wildman–Crippen MR) is 73.9 cm³/mol. The van der Waals surface area contributed by atoms with Crippen molar-refractivity contribution in [3.05, 3.63) is 47.9 Å². The highest BCUT2D eigenvalue weighted by molar-refractivity contribution is 5.85. The number of rotatable bonds is 2. The monoisotopic (exact) mass is 280 g/mol. The van der Waals surface area contributed by atoms with E-state index < -0.39 is 5.82 Å². The van der Waals surface area contributed by atoms with Crippen LogP contribution in [0, 0.1) is 5.82 Å². The zero-order chi connectivity index (χ0) is 12.7. The van der Waals surface area contributed by atoms with Crippen molar-refractivity contribution < 1.29 is 9.50 Å². The summed E-state index contributed by atoms with van der Waals surface area (Å²) < 4.78 is 13.0. The lowest BCUT2D eigenvalue weighted by Gasteiger charge is -2.04. The van der Waals surface area contributed by atoms with Gasteiger partial charge in [-0.25, -0.2) is 4.39 Å². The molecule has 0 unspecified atom stereocenters. The molecule has 100 valence electrons. The Bertz CT molecular complexity index is 588. The average Bonchev–Trinajstić information content (AvgIpc) is 3.10. The largest absolute Gasteiger partial charge is 0.505 e. The van der Waals surface area contributed by atoms with Crippen molar-refractivity contribution in [2.75, 3.05) is 0 Å². The third-order valence-electron chi connectivity index (χ3n) is 3.30. The van der Waals surface area contributed by atoms with Gasteiger partial charge in [-0.3, -0.25) is 4.98 Å². The summed E-state index contributed by atoms with van der Waals surface area (Å²) in [5.41, 5.74) is 8.32. The Morgan fingerprint density at radius 3 is 2.53 bits per heavy atom. The third kappa shape index (κ3) is 2.69. The summed E-state index contributed by atoms with van der Waals surface area (Å²) in [6, 6.07) is 8.32. The van der Waals surface area contributed by atoms with Crippen molar-refractivity contribution in [2.24, 2.45) is 5.73 Å². The first-order valence-electron chi connectivity index (χ1n) is 5.85. The maximum Gasteiger partial charge on any atom is 0.164 e. The minimum Gasteiger partial charge on any atom is -0.505 e. The number of phenols is 1. The van der Waals surface area contributed by atoms with Crippen LogP contribution in [0.15, 0.2) is 36.5 Å². The van der Waals surface area contributed by atoms with Crippen LogP contribution in [0.3, 0.4) is 0 Å². The Morgan fingerprint density at radius 2 is 2.00 bits per heavy atom. The molecule has 0 spiro atoms. The number of phenolic OH excluding ortho intramolecular Hbond substituents is 1. The quantitative estimate of drug-likeness (QED) is 0.889. The summed E-state index contributed by atoms with van der Waals surface area (Å²) in [7, 11) is 0. The van der Waals surface area contributed by atoms with E-state index in [1.807, 2.05) is 12.1 Å². The van der Waals surface area contributed by atoms with E-state index in [4.69, 9.17) is 5.73 Å². The van der Waals surface area contributed by atoms with Gasteiger partial charge < -0.3 is 10.8 Å². The van der Waals surface area contributed by atoms with Crippen molar-refractivity contribution in [2.45, 2.75) is 18.4 Å². The second-order valence-electron chi connectivity index (χ2n) is 4.65. The molecule has 0 bridgehead atoms. The van der Waals surface area contributed by atoms with E-state index in [0.29, 0.717) is 17.2 Å². The van der Waals surface area contributed by atoms with E-state index in [2.05, 4.69) is 4.98 Å². The van der Waals surface area contributed by atoms with Gasteiger partial charge in [0, 0.05) is 23.7 Å². The number of aromatic nitrogens is 1. The van der Waals surface area contributed by atoms with Gasteiger partial charge in [-0.15, -0.1) is 12.4 Å². The summed E-state index contributed by atoms with van der Waals surface area (Å²) >= 11 is 0. The van der Waals surface area contributed by atoms with Gasteiger partial charge in [0.1, 0.15) is 0 Å². The van der Waals surface area contributed by atoms with Gasteiger partial charge in [-0.1, -0.05) is 6.07 Å². The van der Waals surface area contributed by atoms with Gasteiger partial charge in [0.15, 0.2) is 11.6 Å². The van der Waals surface area contributed by atoms with Crippen molar-refractivity contribution in [3.63, 3.8) is 0 Å². The molecule has 0 aliphatic heterocycles. The topological polar surface area (TPSA) is 59.1 Å². The molecule has 19 heavy (non-hydrogen) atoms. The van der Waals surface area contributed by atoms with E-state index in [0.717, 1.165) is 12.0 Å². The molecular formula is C14H14ClFN2O. The fourth-order valence-corrected chi connectivity index (χ4v) is 2.07. The van der Waals surface area contributed by atoms with E-state index in [9.17, 15) is 9.50 Å². The fourth-order valence-electron chi connectivity index (χ4n) is 2.07. The van der Waals surface area contributed by atoms with Crippen molar-refractivity contribution >= 4 is 12.4 Å². The third-order valence-corrected chi connectivity index (χ3v) is 3.30. The van der Waals surface area contributed by atoms with Gasteiger partial charge in [-0.2, -0.15) is 0 Å². The van der Waals surface area contributed by atoms with Crippen LogP contribution in [0.25, 0.3) is 11.3 Å². The Hall–Kier alpha value is -1.65. The zero-order valence-corrected chi connectivity index (χ0v) is 10.9. The number of nitrogens with zero attached hydrogens (tertiary/aromatic N) is 1. The summed E-state index contributed by atoms with van der Waals surface area (Å²) in [4.78, 5) is 4.33. The normalized spacial score (nSPS) is 20.7. The van der Waals surface area contributed by atoms with Crippen molar-refractivity contribution in [1.82, 2.24) is 4.98 Å². The van der Waals surface area contributed by atoms with Crippen LogP contribution in [0.1, 0.15) is 17.9 Å². The van der Waals surface area contributed by atoms with Gasteiger partial charge >= 0.3 is 0 Å². The van der Waals surface area contributed by atoms with Gasteiger partial charge in [0.2, 0.25) is 0 Å². The van der Waals surface area contributed by atoms with E-state index >= 15 is 0 Å². The molecule has 1 fully saturated rings. The number of halogens is 2. The van der Waals surface area contributed by atoms with Crippen LogP contribution >= 0.6 is 12.4 Å². The Kier molecular flexibility index (Phi) is 3.73. The highest BCUT2D eigenvalue weighted by Crippen LogP contribution is 2.38. The SMILES string of the molecule is Cl.N[C@H]1C[C@@H]1c1ccc(-c2ccc(F)c(O)c2)nc1. The molecule has 5 heteroatoms. The Labute approximate surface area is 116 Å². The molecule has 3 nitrogen and oxygen atoms in total. The number of aromatic hydroxyl groups is 1. The molecule has 1 aliphatic rings. The van der Waals surface area contributed by atoms with Crippen LogP contribution < -0.4 is 5.73 Å². The number of pyridine rings is 1. The molecule has 1 aromatic carbocycles. The maximum atomic E-state index is 13.0. The smallest absolute Gasteiger partial charge is 0.164 e. The Morgan fingerprint density at radius 1 is 1.26 bits per heavy atom. The predicted octanol–water partition coefficient (Wildman–Crippen LogP) is 2.83. The zero-order valence-electron chi connectivity index (χ0n) is 10.1. The molecular weight excluding hydrogens is 267 g/mol. The summed E-state index contributed by atoms with van der Waals surface area (Å²) in [5, 5.41) is 9.33. The fraction of sp³-hybridized carbons (Fsp3) is 0.214. The first-order chi connectivity index (χ1) is 8.65. The second kappa shape index (κ2) is 5.15. The minimum absolute atomic E-state index is 0.